The smallest absolute Gasteiger partial charge is 0.137 e. The van der Waals surface area contributed by atoms with Crippen molar-refractivity contribution >= 4 is 5.78 Å². The van der Waals surface area contributed by atoms with Crippen LogP contribution in [0.5, 0.6) is 0 Å². The minimum Gasteiger partial charge on any atom is -0.462 e. The van der Waals surface area contributed by atoms with Gasteiger partial charge in [0.25, 0.3) is 0 Å². The van der Waals surface area contributed by atoms with Crippen LogP contribution in [0.1, 0.15) is 24.4 Å². The molecule has 1 aliphatic carbocycles. The van der Waals surface area contributed by atoms with Crippen LogP contribution >= 0.6 is 0 Å². The van der Waals surface area contributed by atoms with Crippen molar-refractivity contribution in [2.45, 2.75) is 24.9 Å². The zero-order chi connectivity index (χ0) is 10.9. The Morgan fingerprint density at radius 3 is 2.87 bits per heavy atom. The van der Waals surface area contributed by atoms with Gasteiger partial charge in [-0.15, -0.1) is 0 Å². The van der Waals surface area contributed by atoms with Gasteiger partial charge in [-0.05, 0) is 12.1 Å². The SMILES string of the molecule is COCc1ccc(C2(C#N)CC(=O)C2)o1. The molecular weight excluding hydrogens is 194 g/mol. The van der Waals surface area contributed by atoms with Gasteiger partial charge in [0.05, 0.1) is 6.07 Å². The highest BCUT2D eigenvalue weighted by atomic mass is 16.5. The summed E-state index contributed by atoms with van der Waals surface area (Å²) in [5, 5.41) is 9.05. The summed E-state index contributed by atoms with van der Waals surface area (Å²) in [5.41, 5.74) is -0.719. The Kier molecular flexibility index (Phi) is 2.33. The minimum absolute atomic E-state index is 0.112. The van der Waals surface area contributed by atoms with E-state index < -0.39 is 5.41 Å². The van der Waals surface area contributed by atoms with E-state index in [0.29, 0.717) is 18.1 Å². The second-order valence-corrected chi connectivity index (χ2v) is 3.79. The summed E-state index contributed by atoms with van der Waals surface area (Å²) in [6.45, 7) is 0.384. The van der Waals surface area contributed by atoms with Gasteiger partial charge in [0.2, 0.25) is 0 Å². The van der Waals surface area contributed by atoms with Crippen molar-refractivity contribution in [3.63, 3.8) is 0 Å². The fraction of sp³-hybridized carbons (Fsp3) is 0.455. The van der Waals surface area contributed by atoms with Crippen LogP contribution in [-0.4, -0.2) is 12.9 Å². The lowest BCUT2D eigenvalue weighted by Crippen LogP contribution is -2.39. The average Bonchev–Trinajstić information content (AvgIpc) is 2.62. The van der Waals surface area contributed by atoms with Crippen LogP contribution in [0.15, 0.2) is 16.5 Å². The number of carbonyl (C=O) groups is 1. The van der Waals surface area contributed by atoms with Crippen molar-refractivity contribution in [1.82, 2.24) is 0 Å². The van der Waals surface area contributed by atoms with Gasteiger partial charge in [0.15, 0.2) is 0 Å². The van der Waals surface area contributed by atoms with Crippen molar-refractivity contribution in [2.24, 2.45) is 0 Å². The van der Waals surface area contributed by atoms with E-state index in [1.54, 1.807) is 19.2 Å². The number of hydrogen-bond acceptors (Lipinski definition) is 4. The highest BCUT2D eigenvalue weighted by Crippen LogP contribution is 2.41. The lowest BCUT2D eigenvalue weighted by atomic mass is 9.67. The Bertz CT molecular complexity index is 419. The normalized spacial score (nSPS) is 18.3. The molecule has 0 unspecified atom stereocenters. The Morgan fingerprint density at radius 1 is 1.60 bits per heavy atom. The number of nitriles is 1. The number of nitrogens with zero attached hydrogens (tertiary/aromatic N) is 1. The summed E-state index contributed by atoms with van der Waals surface area (Å²) < 4.78 is 10.4. The molecule has 78 valence electrons. The molecule has 0 aromatic carbocycles. The zero-order valence-corrected chi connectivity index (χ0v) is 8.45. The molecule has 0 aliphatic heterocycles. The first-order valence-electron chi connectivity index (χ1n) is 4.71. The molecule has 1 aliphatic rings. The number of furan rings is 1. The summed E-state index contributed by atoms with van der Waals surface area (Å²) in [5.74, 6) is 1.37. The molecule has 0 N–H and O–H groups in total. The van der Waals surface area contributed by atoms with Gasteiger partial charge in [-0.1, -0.05) is 0 Å². The van der Waals surface area contributed by atoms with Crippen LogP contribution in [0.25, 0.3) is 0 Å². The maximum Gasteiger partial charge on any atom is 0.137 e. The molecule has 0 spiro atoms. The maximum atomic E-state index is 11.0. The van der Waals surface area contributed by atoms with Crippen molar-refractivity contribution < 1.29 is 13.9 Å². The summed E-state index contributed by atoms with van der Waals surface area (Å²) in [7, 11) is 1.58. The van der Waals surface area contributed by atoms with E-state index in [1.165, 1.54) is 0 Å². The molecule has 0 saturated heterocycles. The molecule has 0 radical (unpaired) electrons. The molecule has 1 fully saturated rings. The monoisotopic (exact) mass is 205 g/mol. The summed E-state index contributed by atoms with van der Waals surface area (Å²) >= 11 is 0. The molecule has 1 heterocycles. The highest BCUT2D eigenvalue weighted by Gasteiger charge is 2.48. The van der Waals surface area contributed by atoms with Crippen LogP contribution in [0.4, 0.5) is 0 Å². The van der Waals surface area contributed by atoms with Gasteiger partial charge in [0.1, 0.15) is 29.3 Å². The van der Waals surface area contributed by atoms with Crippen LogP contribution in [-0.2, 0) is 21.6 Å². The Morgan fingerprint density at radius 2 is 2.33 bits per heavy atom. The molecule has 2 rings (SSSR count). The molecular formula is C11H11NO3. The quantitative estimate of drug-likeness (QED) is 0.751. The molecule has 1 saturated carbocycles. The van der Waals surface area contributed by atoms with Gasteiger partial charge in [0, 0.05) is 20.0 Å². The van der Waals surface area contributed by atoms with E-state index in [-0.39, 0.29) is 18.6 Å². The predicted molar refractivity (Wildman–Crippen MR) is 51.0 cm³/mol. The predicted octanol–water partition coefficient (Wildman–Crippen LogP) is 1.55. The average molecular weight is 205 g/mol. The van der Waals surface area contributed by atoms with Crippen LogP contribution in [0, 0.1) is 11.3 Å². The van der Waals surface area contributed by atoms with E-state index in [9.17, 15) is 4.79 Å². The zero-order valence-electron chi connectivity index (χ0n) is 8.45. The van der Waals surface area contributed by atoms with Crippen LogP contribution in [0.2, 0.25) is 0 Å². The van der Waals surface area contributed by atoms with E-state index in [4.69, 9.17) is 14.4 Å². The molecule has 0 atom stereocenters. The molecule has 4 heteroatoms. The molecule has 1 aromatic rings. The number of carbonyl (C=O) groups excluding carboxylic acids is 1. The number of hydrogen-bond donors (Lipinski definition) is 0. The highest BCUT2D eigenvalue weighted by molar-refractivity contribution is 5.89. The Hall–Kier alpha value is -1.60. The fourth-order valence-corrected chi connectivity index (χ4v) is 1.78. The number of rotatable bonds is 3. The van der Waals surface area contributed by atoms with E-state index in [0.717, 1.165) is 0 Å². The topological polar surface area (TPSA) is 63.2 Å². The number of ether oxygens (including phenoxy) is 1. The third-order valence-corrected chi connectivity index (χ3v) is 2.63. The maximum absolute atomic E-state index is 11.0. The lowest BCUT2D eigenvalue weighted by molar-refractivity contribution is -0.127. The van der Waals surface area contributed by atoms with E-state index in [2.05, 4.69) is 6.07 Å². The molecule has 0 bridgehead atoms. The first-order valence-corrected chi connectivity index (χ1v) is 4.71. The first-order chi connectivity index (χ1) is 7.20. The van der Waals surface area contributed by atoms with Crippen LogP contribution in [0.3, 0.4) is 0 Å². The number of Topliss-reactive ketones (excluding diaryl/α,β-unsaturated/α-hetero) is 1. The van der Waals surface area contributed by atoms with Crippen LogP contribution < -0.4 is 0 Å². The lowest BCUT2D eigenvalue weighted by Gasteiger charge is -2.31. The third-order valence-electron chi connectivity index (χ3n) is 2.63. The van der Waals surface area contributed by atoms with Crippen molar-refractivity contribution in [3.05, 3.63) is 23.7 Å². The second-order valence-electron chi connectivity index (χ2n) is 3.79. The number of methoxy groups -OCH3 is 1. The standard InChI is InChI=1S/C11H11NO3/c1-14-6-9-2-3-10(15-9)11(7-12)4-8(13)5-11/h2-3H,4-6H2,1H3. The first kappa shape index (κ1) is 9.94. The van der Waals surface area contributed by atoms with Gasteiger partial charge in [-0.2, -0.15) is 5.26 Å². The molecule has 1 aromatic heterocycles. The summed E-state index contributed by atoms with van der Waals surface area (Å²) in [6.07, 6.45) is 0.535. The summed E-state index contributed by atoms with van der Waals surface area (Å²) in [6, 6.07) is 5.69. The van der Waals surface area contributed by atoms with Crippen molar-refractivity contribution in [2.75, 3.05) is 7.11 Å². The van der Waals surface area contributed by atoms with Gasteiger partial charge in [-0.3, -0.25) is 4.79 Å². The molecule has 15 heavy (non-hydrogen) atoms. The Labute approximate surface area is 87.4 Å². The Balaban J connectivity index is 2.22. The summed E-state index contributed by atoms with van der Waals surface area (Å²) in [4.78, 5) is 11.0. The third kappa shape index (κ3) is 1.55. The molecule has 0 amide bonds. The van der Waals surface area contributed by atoms with Gasteiger partial charge >= 0.3 is 0 Å². The van der Waals surface area contributed by atoms with E-state index >= 15 is 0 Å². The van der Waals surface area contributed by atoms with E-state index in [1.807, 2.05) is 0 Å². The largest absolute Gasteiger partial charge is 0.462 e. The fourth-order valence-electron chi connectivity index (χ4n) is 1.78. The number of ketones is 1. The van der Waals surface area contributed by atoms with Gasteiger partial charge in [-0.25, -0.2) is 0 Å². The van der Waals surface area contributed by atoms with Gasteiger partial charge < -0.3 is 9.15 Å². The second kappa shape index (κ2) is 3.52. The van der Waals surface area contributed by atoms with Crippen molar-refractivity contribution in [3.8, 4) is 6.07 Å². The minimum atomic E-state index is -0.719. The molecule has 4 nitrogen and oxygen atoms in total. The van der Waals surface area contributed by atoms with Crippen molar-refractivity contribution in [1.29, 1.82) is 5.26 Å².